The van der Waals surface area contributed by atoms with E-state index in [1.165, 1.54) is 9.21 Å². The van der Waals surface area contributed by atoms with Crippen LogP contribution in [0.2, 0.25) is 0 Å². The molecule has 0 aliphatic carbocycles. The lowest BCUT2D eigenvalue weighted by atomic mass is 10.0. The van der Waals surface area contributed by atoms with Crippen LogP contribution in [0.4, 0.5) is 0 Å². The highest BCUT2D eigenvalue weighted by atomic mass is 32.2. The molecular formula is C18H29N3O4S. The molecule has 1 amide bonds. The van der Waals surface area contributed by atoms with Gasteiger partial charge in [0.05, 0.1) is 23.1 Å². The van der Waals surface area contributed by atoms with Gasteiger partial charge in [-0.05, 0) is 31.4 Å². The van der Waals surface area contributed by atoms with Crippen molar-refractivity contribution in [1.82, 2.24) is 9.21 Å². The van der Waals surface area contributed by atoms with E-state index in [1.54, 1.807) is 37.4 Å². The number of rotatable bonds is 6. The fourth-order valence-electron chi connectivity index (χ4n) is 3.36. The van der Waals surface area contributed by atoms with Crippen molar-refractivity contribution in [2.45, 2.75) is 55.7 Å². The summed E-state index contributed by atoms with van der Waals surface area (Å²) in [6.07, 6.45) is 1.52. The number of hydrogen-bond donors (Lipinski definition) is 2. The Morgan fingerprint density at radius 1 is 1.38 bits per heavy atom. The minimum Gasteiger partial charge on any atom is -0.390 e. The van der Waals surface area contributed by atoms with Crippen molar-refractivity contribution in [1.29, 1.82) is 0 Å². The summed E-state index contributed by atoms with van der Waals surface area (Å²) < 4.78 is 26.9. The SMILES string of the molecule is CCCC(N)C(=O)N(C)C1CCCN(S(=O)(=O)c2ccccc2)CC1O. The molecule has 1 aromatic carbocycles. The lowest BCUT2D eigenvalue weighted by Crippen LogP contribution is -2.52. The molecule has 146 valence electrons. The van der Waals surface area contributed by atoms with Crippen LogP contribution in [0.3, 0.4) is 0 Å². The number of aliphatic hydroxyl groups excluding tert-OH is 1. The summed E-state index contributed by atoms with van der Waals surface area (Å²) >= 11 is 0. The monoisotopic (exact) mass is 383 g/mol. The van der Waals surface area contributed by atoms with Gasteiger partial charge < -0.3 is 15.7 Å². The fourth-order valence-corrected chi connectivity index (χ4v) is 4.88. The number of β-amino-alcohol motifs (C(OH)–C–C–N with tert-alkyl or cyclic N) is 1. The zero-order chi connectivity index (χ0) is 19.3. The second-order valence-corrected chi connectivity index (χ2v) is 8.74. The maximum Gasteiger partial charge on any atom is 0.243 e. The summed E-state index contributed by atoms with van der Waals surface area (Å²) in [5.74, 6) is -0.213. The summed E-state index contributed by atoms with van der Waals surface area (Å²) in [7, 11) is -2.04. The van der Waals surface area contributed by atoms with Gasteiger partial charge in [0.15, 0.2) is 0 Å². The summed E-state index contributed by atoms with van der Waals surface area (Å²) in [4.78, 5) is 14.1. The predicted molar refractivity (Wildman–Crippen MR) is 99.9 cm³/mol. The maximum atomic E-state index is 12.8. The van der Waals surface area contributed by atoms with Crippen LogP contribution in [-0.4, -0.2) is 67.0 Å². The number of amides is 1. The van der Waals surface area contributed by atoms with Crippen LogP contribution in [0.5, 0.6) is 0 Å². The number of carbonyl (C=O) groups excluding carboxylic acids is 1. The van der Waals surface area contributed by atoms with Crippen LogP contribution < -0.4 is 5.73 Å². The van der Waals surface area contributed by atoms with Crippen LogP contribution in [0, 0.1) is 0 Å². The highest BCUT2D eigenvalue weighted by Crippen LogP contribution is 2.23. The first-order valence-corrected chi connectivity index (χ1v) is 10.5. The van der Waals surface area contributed by atoms with E-state index in [4.69, 9.17) is 5.73 Å². The van der Waals surface area contributed by atoms with E-state index in [0.29, 0.717) is 25.8 Å². The highest BCUT2D eigenvalue weighted by Gasteiger charge is 2.36. The molecule has 0 bridgehead atoms. The first kappa shape index (κ1) is 20.8. The molecule has 1 fully saturated rings. The standard InChI is InChI=1S/C18H29N3O4S/c1-3-8-15(19)18(23)20(2)16-11-7-12-21(13-17(16)22)26(24,25)14-9-5-4-6-10-14/h4-6,9-10,15-17,22H,3,7-8,11-13,19H2,1-2H3. The van der Waals surface area contributed by atoms with Crippen molar-refractivity contribution in [2.75, 3.05) is 20.1 Å². The van der Waals surface area contributed by atoms with Crippen molar-refractivity contribution in [2.24, 2.45) is 5.73 Å². The molecule has 2 rings (SSSR count). The number of sulfonamides is 1. The Kier molecular flexibility index (Phi) is 7.16. The van der Waals surface area contributed by atoms with E-state index >= 15 is 0 Å². The van der Waals surface area contributed by atoms with Crippen molar-refractivity contribution in [3.63, 3.8) is 0 Å². The van der Waals surface area contributed by atoms with Crippen molar-refractivity contribution >= 4 is 15.9 Å². The minimum absolute atomic E-state index is 0.0392. The van der Waals surface area contributed by atoms with E-state index < -0.39 is 28.2 Å². The predicted octanol–water partition coefficient (Wildman–Crippen LogP) is 0.786. The molecule has 1 aliphatic heterocycles. The van der Waals surface area contributed by atoms with Crippen molar-refractivity contribution in [3.8, 4) is 0 Å². The number of hydrogen-bond acceptors (Lipinski definition) is 5. The Labute approximate surface area is 155 Å². The van der Waals surface area contributed by atoms with Gasteiger partial charge in [-0.2, -0.15) is 4.31 Å². The van der Waals surface area contributed by atoms with Gasteiger partial charge in [-0.25, -0.2) is 8.42 Å². The number of benzene rings is 1. The number of nitrogens with two attached hydrogens (primary N) is 1. The number of aliphatic hydroxyl groups is 1. The summed E-state index contributed by atoms with van der Waals surface area (Å²) in [5.41, 5.74) is 5.91. The molecule has 3 N–H and O–H groups in total. The maximum absolute atomic E-state index is 12.8. The van der Waals surface area contributed by atoms with E-state index in [9.17, 15) is 18.3 Å². The smallest absolute Gasteiger partial charge is 0.243 e. The third-order valence-corrected chi connectivity index (χ3v) is 6.76. The van der Waals surface area contributed by atoms with Crippen LogP contribution in [-0.2, 0) is 14.8 Å². The largest absolute Gasteiger partial charge is 0.390 e. The Morgan fingerprint density at radius 3 is 2.65 bits per heavy atom. The second-order valence-electron chi connectivity index (χ2n) is 6.80. The Hall–Kier alpha value is -1.48. The van der Waals surface area contributed by atoms with Gasteiger partial charge in [-0.15, -0.1) is 0 Å². The van der Waals surface area contributed by atoms with Crippen LogP contribution >= 0.6 is 0 Å². The first-order chi connectivity index (χ1) is 12.3. The molecular weight excluding hydrogens is 354 g/mol. The first-order valence-electron chi connectivity index (χ1n) is 9.04. The summed E-state index contributed by atoms with van der Waals surface area (Å²) in [5, 5.41) is 10.6. The zero-order valence-corrected chi connectivity index (χ0v) is 16.2. The average Bonchev–Trinajstić information content (AvgIpc) is 2.83. The molecule has 3 unspecified atom stereocenters. The van der Waals surface area contributed by atoms with Gasteiger partial charge in [0, 0.05) is 20.1 Å². The molecule has 1 heterocycles. The number of carbonyl (C=O) groups is 1. The van der Waals surface area contributed by atoms with Crippen molar-refractivity contribution < 1.29 is 18.3 Å². The van der Waals surface area contributed by atoms with Gasteiger partial charge in [0.25, 0.3) is 0 Å². The molecule has 7 nitrogen and oxygen atoms in total. The average molecular weight is 384 g/mol. The molecule has 1 aliphatic rings. The second kappa shape index (κ2) is 8.94. The highest BCUT2D eigenvalue weighted by molar-refractivity contribution is 7.89. The molecule has 8 heteroatoms. The normalized spacial score (nSPS) is 23.2. The lowest BCUT2D eigenvalue weighted by molar-refractivity contribution is -0.136. The lowest BCUT2D eigenvalue weighted by Gasteiger charge is -2.33. The molecule has 1 aromatic rings. The van der Waals surface area contributed by atoms with E-state index in [0.717, 1.165) is 6.42 Å². The Bertz CT molecular complexity index is 696. The molecule has 0 aromatic heterocycles. The van der Waals surface area contributed by atoms with E-state index in [2.05, 4.69) is 0 Å². The Balaban J connectivity index is 2.13. The fraction of sp³-hybridized carbons (Fsp3) is 0.611. The van der Waals surface area contributed by atoms with Gasteiger partial charge >= 0.3 is 0 Å². The molecule has 26 heavy (non-hydrogen) atoms. The van der Waals surface area contributed by atoms with Gasteiger partial charge in [-0.1, -0.05) is 31.5 Å². The summed E-state index contributed by atoms with van der Waals surface area (Å²) in [6, 6.07) is 7.15. The van der Waals surface area contributed by atoms with Gasteiger partial charge in [0.1, 0.15) is 0 Å². The number of likely N-dealkylation sites (N-methyl/N-ethyl adjacent to an activating group) is 1. The summed E-state index contributed by atoms with van der Waals surface area (Å²) in [6.45, 7) is 2.23. The topological polar surface area (TPSA) is 104 Å². The molecule has 0 spiro atoms. The molecule has 1 saturated heterocycles. The third-order valence-electron chi connectivity index (χ3n) is 4.89. The molecule has 0 radical (unpaired) electrons. The molecule has 0 saturated carbocycles. The number of nitrogens with zero attached hydrogens (tertiary/aromatic N) is 2. The van der Waals surface area contributed by atoms with Crippen LogP contribution in [0.25, 0.3) is 0 Å². The molecule has 3 atom stereocenters. The van der Waals surface area contributed by atoms with Gasteiger partial charge in [-0.3, -0.25) is 4.79 Å². The van der Waals surface area contributed by atoms with Gasteiger partial charge in [0.2, 0.25) is 15.9 Å². The Morgan fingerprint density at radius 2 is 2.04 bits per heavy atom. The van der Waals surface area contributed by atoms with Crippen LogP contribution in [0.1, 0.15) is 32.6 Å². The van der Waals surface area contributed by atoms with Crippen molar-refractivity contribution in [3.05, 3.63) is 30.3 Å². The quantitative estimate of drug-likeness (QED) is 0.756. The van der Waals surface area contributed by atoms with Crippen LogP contribution in [0.15, 0.2) is 35.2 Å². The third kappa shape index (κ3) is 4.62. The van der Waals surface area contributed by atoms with E-state index in [-0.39, 0.29) is 17.3 Å². The van der Waals surface area contributed by atoms with E-state index in [1.807, 2.05) is 6.92 Å². The minimum atomic E-state index is -3.67. The zero-order valence-electron chi connectivity index (χ0n) is 15.4.